The molecule has 0 aliphatic carbocycles. The Morgan fingerprint density at radius 1 is 1.59 bits per heavy atom. The Kier molecular flexibility index (Phi) is 5.77. The Balaban J connectivity index is 2.63. The number of carbonyl (C=O) groups is 2. The molecule has 98 valence electrons. The zero-order valence-corrected chi connectivity index (χ0v) is 11.3. The highest BCUT2D eigenvalue weighted by Crippen LogP contribution is 2.18. The standard InChI is InChI=1S/C11H21N3O2S/c1-13-8(5-7-17-2)11(16)14-6-3-4-9(14)10(12)15/h8-9,13H,3-7H2,1-2H3,(H2,12,15)/t8-,9-/m0/s1. The van der Waals surface area contributed by atoms with Gasteiger partial charge in [0.15, 0.2) is 0 Å². The molecule has 0 spiro atoms. The van der Waals surface area contributed by atoms with Crippen molar-refractivity contribution in [3.8, 4) is 0 Å². The number of primary amides is 1. The first-order valence-electron chi connectivity index (χ1n) is 5.87. The van der Waals surface area contributed by atoms with Crippen molar-refractivity contribution in [2.75, 3.05) is 25.6 Å². The molecule has 1 fully saturated rings. The molecule has 1 heterocycles. The first-order chi connectivity index (χ1) is 8.11. The molecule has 1 aliphatic rings. The molecule has 0 radical (unpaired) electrons. The number of likely N-dealkylation sites (N-methyl/N-ethyl adjacent to an activating group) is 1. The maximum Gasteiger partial charge on any atom is 0.240 e. The van der Waals surface area contributed by atoms with Crippen LogP contribution < -0.4 is 11.1 Å². The molecule has 5 nitrogen and oxygen atoms in total. The van der Waals surface area contributed by atoms with Crippen LogP contribution in [0.3, 0.4) is 0 Å². The van der Waals surface area contributed by atoms with Crippen LogP contribution in [0.1, 0.15) is 19.3 Å². The van der Waals surface area contributed by atoms with Crippen molar-refractivity contribution in [2.45, 2.75) is 31.3 Å². The monoisotopic (exact) mass is 259 g/mol. The number of amides is 2. The molecule has 0 bridgehead atoms. The van der Waals surface area contributed by atoms with E-state index in [9.17, 15) is 9.59 Å². The number of nitrogens with zero attached hydrogens (tertiary/aromatic N) is 1. The van der Waals surface area contributed by atoms with Crippen molar-refractivity contribution in [3.63, 3.8) is 0 Å². The average molecular weight is 259 g/mol. The number of rotatable bonds is 6. The second-order valence-electron chi connectivity index (χ2n) is 4.21. The van der Waals surface area contributed by atoms with Gasteiger partial charge in [0, 0.05) is 6.54 Å². The van der Waals surface area contributed by atoms with E-state index >= 15 is 0 Å². The number of nitrogens with two attached hydrogens (primary N) is 1. The zero-order chi connectivity index (χ0) is 12.8. The van der Waals surface area contributed by atoms with Crippen LogP contribution >= 0.6 is 11.8 Å². The molecular formula is C11H21N3O2S. The predicted molar refractivity (Wildman–Crippen MR) is 69.8 cm³/mol. The smallest absolute Gasteiger partial charge is 0.240 e. The third-order valence-electron chi connectivity index (χ3n) is 3.12. The van der Waals surface area contributed by atoms with Crippen molar-refractivity contribution in [3.05, 3.63) is 0 Å². The maximum absolute atomic E-state index is 12.2. The van der Waals surface area contributed by atoms with E-state index in [1.165, 1.54) is 0 Å². The van der Waals surface area contributed by atoms with Crippen molar-refractivity contribution in [2.24, 2.45) is 5.73 Å². The highest BCUT2D eigenvalue weighted by molar-refractivity contribution is 7.98. The number of hydrogen-bond acceptors (Lipinski definition) is 4. The summed E-state index contributed by atoms with van der Waals surface area (Å²) in [7, 11) is 1.78. The fourth-order valence-electron chi connectivity index (χ4n) is 2.15. The van der Waals surface area contributed by atoms with E-state index in [4.69, 9.17) is 5.73 Å². The van der Waals surface area contributed by atoms with Crippen molar-refractivity contribution in [1.82, 2.24) is 10.2 Å². The molecule has 0 aromatic heterocycles. The van der Waals surface area contributed by atoms with Gasteiger partial charge < -0.3 is 16.0 Å². The lowest BCUT2D eigenvalue weighted by atomic mass is 10.1. The number of likely N-dealkylation sites (tertiary alicyclic amines) is 1. The Labute approximate surface area is 106 Å². The van der Waals surface area contributed by atoms with Crippen LogP contribution in [0, 0.1) is 0 Å². The van der Waals surface area contributed by atoms with Crippen LogP contribution in [-0.2, 0) is 9.59 Å². The quantitative estimate of drug-likeness (QED) is 0.693. The van der Waals surface area contributed by atoms with E-state index in [0.29, 0.717) is 13.0 Å². The van der Waals surface area contributed by atoms with Crippen LogP contribution in [0.2, 0.25) is 0 Å². The van der Waals surface area contributed by atoms with Gasteiger partial charge in [0.25, 0.3) is 0 Å². The molecule has 3 N–H and O–H groups in total. The van der Waals surface area contributed by atoms with Gasteiger partial charge in [-0.2, -0.15) is 11.8 Å². The number of nitrogens with one attached hydrogen (secondary N) is 1. The molecule has 1 aliphatic heterocycles. The minimum absolute atomic E-state index is 0.00264. The van der Waals surface area contributed by atoms with Gasteiger partial charge in [0.1, 0.15) is 6.04 Å². The predicted octanol–water partition coefficient (Wildman–Crippen LogP) is -0.196. The molecule has 1 rings (SSSR count). The second-order valence-corrected chi connectivity index (χ2v) is 5.20. The van der Waals surface area contributed by atoms with Crippen molar-refractivity contribution in [1.29, 1.82) is 0 Å². The lowest BCUT2D eigenvalue weighted by Crippen LogP contribution is -2.51. The molecule has 0 aromatic rings. The summed E-state index contributed by atoms with van der Waals surface area (Å²) in [6.45, 7) is 0.643. The minimum Gasteiger partial charge on any atom is -0.368 e. The largest absolute Gasteiger partial charge is 0.368 e. The maximum atomic E-state index is 12.2. The van der Waals surface area contributed by atoms with Gasteiger partial charge in [-0.15, -0.1) is 0 Å². The third-order valence-corrected chi connectivity index (χ3v) is 3.77. The summed E-state index contributed by atoms with van der Waals surface area (Å²) in [5, 5.41) is 3.02. The fourth-order valence-corrected chi connectivity index (χ4v) is 2.62. The van der Waals surface area contributed by atoms with E-state index in [0.717, 1.165) is 18.6 Å². The average Bonchev–Trinajstić information content (AvgIpc) is 2.78. The van der Waals surface area contributed by atoms with Gasteiger partial charge in [0.05, 0.1) is 6.04 Å². The minimum atomic E-state index is -0.410. The van der Waals surface area contributed by atoms with Gasteiger partial charge in [0.2, 0.25) is 11.8 Å². The summed E-state index contributed by atoms with van der Waals surface area (Å²) in [4.78, 5) is 25.1. The lowest BCUT2D eigenvalue weighted by Gasteiger charge is -2.26. The normalized spacial score (nSPS) is 21.5. The van der Waals surface area contributed by atoms with E-state index in [2.05, 4.69) is 5.32 Å². The molecular weight excluding hydrogens is 238 g/mol. The third kappa shape index (κ3) is 3.61. The topological polar surface area (TPSA) is 75.4 Å². The van der Waals surface area contributed by atoms with Gasteiger partial charge >= 0.3 is 0 Å². The zero-order valence-electron chi connectivity index (χ0n) is 10.4. The van der Waals surface area contributed by atoms with Gasteiger partial charge in [-0.1, -0.05) is 0 Å². The first-order valence-corrected chi connectivity index (χ1v) is 7.27. The number of thioether (sulfide) groups is 1. The Bertz CT molecular complexity index is 286. The van der Waals surface area contributed by atoms with Crippen molar-refractivity contribution >= 4 is 23.6 Å². The summed E-state index contributed by atoms with van der Waals surface area (Å²) in [5.74, 6) is 0.533. The molecule has 1 saturated heterocycles. The molecule has 0 aromatic carbocycles. The lowest BCUT2D eigenvalue weighted by molar-refractivity contribution is -0.138. The number of hydrogen-bond donors (Lipinski definition) is 2. The van der Waals surface area contributed by atoms with Crippen LogP contribution in [-0.4, -0.2) is 54.4 Å². The van der Waals surface area contributed by atoms with Crippen LogP contribution in [0.15, 0.2) is 0 Å². The highest BCUT2D eigenvalue weighted by atomic mass is 32.2. The molecule has 6 heteroatoms. The Morgan fingerprint density at radius 2 is 2.29 bits per heavy atom. The SMILES string of the molecule is CN[C@@H](CCSC)C(=O)N1CCC[C@H]1C(N)=O. The summed E-state index contributed by atoms with van der Waals surface area (Å²) < 4.78 is 0. The molecule has 2 amide bonds. The fraction of sp³-hybridized carbons (Fsp3) is 0.818. The highest BCUT2D eigenvalue weighted by Gasteiger charge is 2.35. The van der Waals surface area contributed by atoms with E-state index in [-0.39, 0.29) is 11.9 Å². The second kappa shape index (κ2) is 6.86. The van der Waals surface area contributed by atoms with Crippen LogP contribution in [0.25, 0.3) is 0 Å². The van der Waals surface area contributed by atoms with E-state index in [1.807, 2.05) is 6.26 Å². The molecule has 0 saturated carbocycles. The summed E-state index contributed by atoms with van der Waals surface area (Å²) in [5.41, 5.74) is 5.31. The molecule has 17 heavy (non-hydrogen) atoms. The Hall–Kier alpha value is -0.750. The number of carbonyl (C=O) groups excluding carboxylic acids is 2. The van der Waals surface area contributed by atoms with E-state index in [1.54, 1.807) is 23.7 Å². The summed E-state index contributed by atoms with van der Waals surface area (Å²) in [6, 6.07) is -0.616. The first kappa shape index (κ1) is 14.3. The molecule has 2 atom stereocenters. The molecule has 0 unspecified atom stereocenters. The van der Waals surface area contributed by atoms with E-state index < -0.39 is 11.9 Å². The van der Waals surface area contributed by atoms with Gasteiger partial charge in [-0.05, 0) is 38.3 Å². The summed E-state index contributed by atoms with van der Waals surface area (Å²) >= 11 is 1.71. The Morgan fingerprint density at radius 3 is 2.82 bits per heavy atom. The van der Waals surface area contributed by atoms with Crippen molar-refractivity contribution < 1.29 is 9.59 Å². The summed E-state index contributed by atoms with van der Waals surface area (Å²) in [6.07, 6.45) is 4.34. The van der Waals surface area contributed by atoms with Gasteiger partial charge in [-0.25, -0.2) is 0 Å². The van der Waals surface area contributed by atoms with Crippen LogP contribution in [0.4, 0.5) is 0 Å². The van der Waals surface area contributed by atoms with Gasteiger partial charge in [-0.3, -0.25) is 9.59 Å². The van der Waals surface area contributed by atoms with Crippen LogP contribution in [0.5, 0.6) is 0 Å².